The second-order valence-corrected chi connectivity index (χ2v) is 2.72. The number of anilines is 1. The summed E-state index contributed by atoms with van der Waals surface area (Å²) in [7, 11) is 0. The molecule has 0 amide bonds. The smallest absolute Gasteiger partial charge is 0.307 e. The summed E-state index contributed by atoms with van der Waals surface area (Å²) in [5.74, 6) is -3.42. The molecule has 1 aromatic carbocycles. The van der Waals surface area contributed by atoms with Crippen LogP contribution in [0.2, 0.25) is 0 Å². The molecule has 0 heterocycles. The minimum atomic E-state index is -5.07. The first-order valence-corrected chi connectivity index (χ1v) is 3.92. The van der Waals surface area contributed by atoms with Gasteiger partial charge >= 0.3 is 6.18 Å². The van der Waals surface area contributed by atoms with Gasteiger partial charge in [0.05, 0.1) is 5.69 Å². The van der Waals surface area contributed by atoms with Crippen LogP contribution in [0.25, 0.3) is 0 Å². The second-order valence-electron chi connectivity index (χ2n) is 2.53. The number of nitrogens with one attached hydrogen (secondary N) is 2. The normalized spacial score (nSPS) is 11.6. The van der Waals surface area contributed by atoms with E-state index >= 15 is 0 Å². The van der Waals surface area contributed by atoms with E-state index in [4.69, 9.17) is 11.8 Å². The zero-order valence-corrected chi connectivity index (χ0v) is 7.68. The summed E-state index contributed by atoms with van der Waals surface area (Å²) >= 11 is 4.94. The minimum Gasteiger partial charge on any atom is -0.307 e. The molecule has 15 heavy (non-hydrogen) atoms. The Bertz CT molecular complexity index is 342. The SMILES string of the molecule is Fc1cc(NNCl)cc(F)c1C(F)(F)F. The lowest BCUT2D eigenvalue weighted by Gasteiger charge is -2.11. The first-order chi connectivity index (χ1) is 6.86. The molecule has 2 N–H and O–H groups in total. The molecule has 0 aromatic heterocycles. The van der Waals surface area contributed by atoms with Crippen molar-refractivity contribution in [2.45, 2.75) is 6.18 Å². The van der Waals surface area contributed by atoms with Crippen LogP contribution in [0.3, 0.4) is 0 Å². The molecule has 0 aliphatic carbocycles. The van der Waals surface area contributed by atoms with Crippen molar-refractivity contribution in [1.82, 2.24) is 4.94 Å². The van der Waals surface area contributed by atoms with Crippen LogP contribution in [0.5, 0.6) is 0 Å². The maximum atomic E-state index is 12.9. The third-order valence-corrected chi connectivity index (χ3v) is 1.61. The highest BCUT2D eigenvalue weighted by Gasteiger charge is 2.37. The Kier molecular flexibility index (Phi) is 3.35. The Balaban J connectivity index is 3.22. The Morgan fingerprint density at radius 1 is 1.07 bits per heavy atom. The molecule has 2 nitrogen and oxygen atoms in total. The Labute approximate surface area is 86.1 Å². The highest BCUT2D eigenvalue weighted by molar-refractivity contribution is 6.13. The Morgan fingerprint density at radius 3 is 1.87 bits per heavy atom. The van der Waals surface area contributed by atoms with Gasteiger partial charge in [0.1, 0.15) is 17.2 Å². The summed E-state index contributed by atoms with van der Waals surface area (Å²) < 4.78 is 62.0. The molecule has 0 fully saturated rings. The van der Waals surface area contributed by atoms with Crippen LogP contribution < -0.4 is 10.4 Å². The van der Waals surface area contributed by atoms with Crippen molar-refractivity contribution < 1.29 is 22.0 Å². The lowest BCUT2D eigenvalue weighted by Crippen LogP contribution is -2.14. The topological polar surface area (TPSA) is 24.1 Å². The highest BCUT2D eigenvalue weighted by atomic mass is 35.5. The highest BCUT2D eigenvalue weighted by Crippen LogP contribution is 2.34. The van der Waals surface area contributed by atoms with E-state index in [-0.39, 0.29) is 5.69 Å². The number of halogens is 6. The van der Waals surface area contributed by atoms with Gasteiger partial charge < -0.3 is 5.43 Å². The van der Waals surface area contributed by atoms with Gasteiger partial charge in [0.15, 0.2) is 0 Å². The molecule has 0 saturated carbocycles. The Morgan fingerprint density at radius 2 is 1.53 bits per heavy atom. The van der Waals surface area contributed by atoms with Gasteiger partial charge in [0.2, 0.25) is 0 Å². The lowest BCUT2D eigenvalue weighted by atomic mass is 10.1. The molecule has 0 bridgehead atoms. The van der Waals surface area contributed by atoms with E-state index in [1.807, 2.05) is 5.43 Å². The van der Waals surface area contributed by atoms with Crippen LogP contribution in [-0.4, -0.2) is 0 Å². The van der Waals surface area contributed by atoms with E-state index < -0.39 is 23.4 Å². The van der Waals surface area contributed by atoms with E-state index in [1.54, 1.807) is 4.94 Å². The van der Waals surface area contributed by atoms with Crippen LogP contribution in [0.1, 0.15) is 5.56 Å². The van der Waals surface area contributed by atoms with Crippen LogP contribution >= 0.6 is 11.8 Å². The number of hydrazine groups is 1. The van der Waals surface area contributed by atoms with Gasteiger partial charge in [-0.05, 0) is 23.9 Å². The van der Waals surface area contributed by atoms with Crippen molar-refractivity contribution in [2.24, 2.45) is 0 Å². The number of benzene rings is 1. The van der Waals surface area contributed by atoms with Gasteiger partial charge in [-0.15, -0.1) is 4.94 Å². The van der Waals surface area contributed by atoms with Gasteiger partial charge in [0.25, 0.3) is 0 Å². The van der Waals surface area contributed by atoms with Crippen LogP contribution in [-0.2, 0) is 6.18 Å². The first kappa shape index (κ1) is 12.0. The van der Waals surface area contributed by atoms with Gasteiger partial charge in [-0.3, -0.25) is 0 Å². The zero-order chi connectivity index (χ0) is 11.6. The molecule has 0 aliphatic rings. The van der Waals surface area contributed by atoms with Crippen molar-refractivity contribution in [1.29, 1.82) is 0 Å². The molecule has 1 rings (SSSR count). The number of hydrogen-bond acceptors (Lipinski definition) is 2. The van der Waals surface area contributed by atoms with Crippen molar-refractivity contribution in [2.75, 3.05) is 5.43 Å². The second kappa shape index (κ2) is 4.19. The predicted octanol–water partition coefficient (Wildman–Crippen LogP) is 3.05. The number of alkyl halides is 3. The van der Waals surface area contributed by atoms with E-state index in [0.717, 1.165) is 0 Å². The quantitative estimate of drug-likeness (QED) is 0.476. The molecule has 0 radical (unpaired) electrons. The van der Waals surface area contributed by atoms with Crippen LogP contribution in [0.15, 0.2) is 12.1 Å². The van der Waals surface area contributed by atoms with Gasteiger partial charge in [0, 0.05) is 0 Å². The average molecular weight is 247 g/mol. The van der Waals surface area contributed by atoms with Gasteiger partial charge in [-0.2, -0.15) is 13.2 Å². The lowest BCUT2D eigenvalue weighted by molar-refractivity contribution is -0.142. The number of rotatable bonds is 2. The fourth-order valence-electron chi connectivity index (χ4n) is 0.971. The van der Waals surface area contributed by atoms with E-state index in [9.17, 15) is 22.0 Å². The molecule has 0 atom stereocenters. The van der Waals surface area contributed by atoms with Crippen LogP contribution in [0, 0.1) is 11.6 Å². The van der Waals surface area contributed by atoms with Crippen molar-refractivity contribution in [3.63, 3.8) is 0 Å². The van der Waals surface area contributed by atoms with Gasteiger partial charge in [-0.1, -0.05) is 0 Å². The summed E-state index contributed by atoms with van der Waals surface area (Å²) in [6.45, 7) is 0. The third-order valence-electron chi connectivity index (χ3n) is 1.52. The molecular weight excluding hydrogens is 243 g/mol. The van der Waals surface area contributed by atoms with E-state index in [0.29, 0.717) is 12.1 Å². The standard InChI is InChI=1S/C7H4ClF5N2/c8-15-14-3-1-4(9)6(5(10)2-3)7(11,12)13/h1-2,14-15H. The predicted molar refractivity (Wildman–Crippen MR) is 44.0 cm³/mol. The average Bonchev–Trinajstić information content (AvgIpc) is 1.99. The molecule has 0 aliphatic heterocycles. The number of hydrogen-bond donors (Lipinski definition) is 2. The van der Waals surface area contributed by atoms with Crippen molar-refractivity contribution in [3.8, 4) is 0 Å². The van der Waals surface area contributed by atoms with Crippen molar-refractivity contribution in [3.05, 3.63) is 29.3 Å². The summed E-state index contributed by atoms with van der Waals surface area (Å²) in [4.78, 5) is 1.80. The third kappa shape index (κ3) is 2.69. The van der Waals surface area contributed by atoms with E-state index in [2.05, 4.69) is 0 Å². The Hall–Kier alpha value is -1.08. The summed E-state index contributed by atoms with van der Waals surface area (Å²) in [5, 5.41) is 0. The fourth-order valence-corrected chi connectivity index (χ4v) is 1.08. The summed E-state index contributed by atoms with van der Waals surface area (Å²) in [6, 6.07) is 0.947. The molecule has 0 unspecified atom stereocenters. The minimum absolute atomic E-state index is 0.256. The summed E-state index contributed by atoms with van der Waals surface area (Å²) in [6.07, 6.45) is -5.07. The molecule has 1 aromatic rings. The fraction of sp³-hybridized carbons (Fsp3) is 0.143. The molecule has 0 spiro atoms. The maximum absolute atomic E-state index is 12.9. The van der Waals surface area contributed by atoms with Crippen LogP contribution in [0.4, 0.5) is 27.6 Å². The molecule has 8 heteroatoms. The molecular formula is C7H4ClF5N2. The first-order valence-electron chi connectivity index (χ1n) is 3.54. The molecule has 0 saturated heterocycles. The van der Waals surface area contributed by atoms with E-state index in [1.165, 1.54) is 0 Å². The monoisotopic (exact) mass is 246 g/mol. The van der Waals surface area contributed by atoms with Crippen molar-refractivity contribution >= 4 is 17.5 Å². The summed E-state index contributed by atoms with van der Waals surface area (Å²) in [5.41, 5.74) is -0.149. The maximum Gasteiger partial charge on any atom is 0.422 e. The largest absolute Gasteiger partial charge is 0.422 e. The van der Waals surface area contributed by atoms with Gasteiger partial charge in [-0.25, -0.2) is 8.78 Å². The zero-order valence-electron chi connectivity index (χ0n) is 6.92. The molecule has 84 valence electrons.